The smallest absolute Gasteiger partial charge is 0.00461 e. The van der Waals surface area contributed by atoms with E-state index in [1.165, 1.54) is 51.4 Å². The van der Waals surface area contributed by atoms with Gasteiger partial charge in [0.15, 0.2) is 0 Å². The molecule has 2 fully saturated rings. The van der Waals surface area contributed by atoms with Gasteiger partial charge in [-0.15, -0.1) is 0 Å². The SMILES string of the molecule is CC(C)CC1CCCC(CC(C)CC2CC2CN)C1. The minimum absolute atomic E-state index is 0.877. The van der Waals surface area contributed by atoms with Crippen molar-refractivity contribution < 1.29 is 0 Å². The fraction of sp³-hybridized carbons (Fsp3) is 1.00. The molecule has 1 heteroatoms. The first kappa shape index (κ1) is 15.4. The van der Waals surface area contributed by atoms with Crippen molar-refractivity contribution in [3.05, 3.63) is 0 Å². The van der Waals surface area contributed by atoms with Crippen molar-refractivity contribution in [1.82, 2.24) is 0 Å². The lowest BCUT2D eigenvalue weighted by Gasteiger charge is -2.31. The number of hydrogen-bond acceptors (Lipinski definition) is 1. The van der Waals surface area contributed by atoms with Crippen molar-refractivity contribution in [2.24, 2.45) is 41.2 Å². The quantitative estimate of drug-likeness (QED) is 0.699. The Morgan fingerprint density at radius 2 is 1.58 bits per heavy atom. The Morgan fingerprint density at radius 3 is 2.16 bits per heavy atom. The van der Waals surface area contributed by atoms with Crippen LogP contribution < -0.4 is 5.73 Å². The second-order valence-electron chi connectivity index (χ2n) is 8.10. The zero-order valence-corrected chi connectivity index (χ0v) is 13.4. The fourth-order valence-electron chi connectivity index (χ4n) is 4.57. The molecule has 2 rings (SSSR count). The molecule has 0 bridgehead atoms. The predicted molar refractivity (Wildman–Crippen MR) is 84.0 cm³/mol. The molecule has 5 atom stereocenters. The third-order valence-electron chi connectivity index (χ3n) is 5.51. The third kappa shape index (κ3) is 5.10. The maximum atomic E-state index is 5.75. The lowest BCUT2D eigenvalue weighted by molar-refractivity contribution is 0.204. The summed E-state index contributed by atoms with van der Waals surface area (Å²) in [6, 6.07) is 0. The Morgan fingerprint density at radius 1 is 0.895 bits per heavy atom. The minimum atomic E-state index is 0.877. The highest BCUT2D eigenvalue weighted by molar-refractivity contribution is 4.88. The van der Waals surface area contributed by atoms with Gasteiger partial charge in [-0.2, -0.15) is 0 Å². The van der Waals surface area contributed by atoms with E-state index in [2.05, 4.69) is 20.8 Å². The van der Waals surface area contributed by atoms with E-state index >= 15 is 0 Å². The van der Waals surface area contributed by atoms with Crippen LogP contribution in [0.3, 0.4) is 0 Å². The summed E-state index contributed by atoms with van der Waals surface area (Å²) in [6.45, 7) is 8.17. The average Bonchev–Trinajstić information content (AvgIpc) is 3.06. The Labute approximate surface area is 120 Å². The van der Waals surface area contributed by atoms with Crippen molar-refractivity contribution in [2.45, 2.75) is 72.1 Å². The molecule has 0 aromatic rings. The van der Waals surface area contributed by atoms with E-state index in [0.29, 0.717) is 0 Å². The van der Waals surface area contributed by atoms with E-state index in [1.807, 2.05) is 0 Å². The van der Waals surface area contributed by atoms with Crippen molar-refractivity contribution in [1.29, 1.82) is 0 Å². The first-order valence-corrected chi connectivity index (χ1v) is 8.78. The summed E-state index contributed by atoms with van der Waals surface area (Å²) in [5.74, 6) is 5.74. The molecule has 5 unspecified atom stereocenters. The molecular weight excluding hydrogens is 230 g/mol. The van der Waals surface area contributed by atoms with Crippen LogP contribution in [-0.4, -0.2) is 6.54 Å². The Kier molecular flexibility index (Phi) is 5.74. The summed E-state index contributed by atoms with van der Waals surface area (Å²) in [5.41, 5.74) is 5.75. The predicted octanol–water partition coefficient (Wildman–Crippen LogP) is 4.85. The van der Waals surface area contributed by atoms with E-state index in [4.69, 9.17) is 5.73 Å². The largest absolute Gasteiger partial charge is 0.330 e. The molecule has 0 aromatic carbocycles. The molecule has 1 nitrogen and oxygen atoms in total. The van der Waals surface area contributed by atoms with Crippen LogP contribution >= 0.6 is 0 Å². The zero-order chi connectivity index (χ0) is 13.8. The van der Waals surface area contributed by atoms with Gasteiger partial charge in [-0.3, -0.25) is 0 Å². The van der Waals surface area contributed by atoms with Gasteiger partial charge >= 0.3 is 0 Å². The van der Waals surface area contributed by atoms with Crippen LogP contribution in [0, 0.1) is 35.5 Å². The lowest BCUT2D eigenvalue weighted by Crippen LogP contribution is -2.19. The average molecular weight is 265 g/mol. The van der Waals surface area contributed by atoms with Crippen molar-refractivity contribution in [3.63, 3.8) is 0 Å². The second kappa shape index (κ2) is 7.11. The highest BCUT2D eigenvalue weighted by atomic mass is 14.6. The third-order valence-corrected chi connectivity index (χ3v) is 5.51. The summed E-state index contributed by atoms with van der Waals surface area (Å²) >= 11 is 0. The topological polar surface area (TPSA) is 26.0 Å². The molecule has 19 heavy (non-hydrogen) atoms. The van der Waals surface area contributed by atoms with Crippen LogP contribution in [0.1, 0.15) is 72.1 Å². The number of nitrogens with two attached hydrogens (primary N) is 1. The van der Waals surface area contributed by atoms with Crippen LogP contribution in [0.25, 0.3) is 0 Å². The minimum Gasteiger partial charge on any atom is -0.330 e. The van der Waals surface area contributed by atoms with E-state index in [-0.39, 0.29) is 0 Å². The Bertz CT molecular complexity index is 260. The highest BCUT2D eigenvalue weighted by Gasteiger charge is 2.36. The van der Waals surface area contributed by atoms with E-state index in [1.54, 1.807) is 0 Å². The van der Waals surface area contributed by atoms with E-state index < -0.39 is 0 Å². The molecule has 0 radical (unpaired) electrons. The van der Waals surface area contributed by atoms with Gasteiger partial charge in [-0.05, 0) is 74.2 Å². The van der Waals surface area contributed by atoms with Gasteiger partial charge in [0.2, 0.25) is 0 Å². The molecule has 2 N–H and O–H groups in total. The van der Waals surface area contributed by atoms with Crippen LogP contribution in [0.2, 0.25) is 0 Å². The zero-order valence-electron chi connectivity index (χ0n) is 13.4. The maximum absolute atomic E-state index is 5.75. The summed E-state index contributed by atoms with van der Waals surface area (Å²) in [4.78, 5) is 0. The Hall–Kier alpha value is -0.0400. The molecule has 0 aliphatic heterocycles. The molecule has 0 saturated heterocycles. The number of hydrogen-bond donors (Lipinski definition) is 1. The van der Waals surface area contributed by atoms with Crippen LogP contribution in [0.15, 0.2) is 0 Å². The molecule has 2 aliphatic carbocycles. The van der Waals surface area contributed by atoms with Gasteiger partial charge in [0, 0.05) is 0 Å². The molecular formula is C18H35N. The molecule has 0 aromatic heterocycles. The van der Waals surface area contributed by atoms with Crippen molar-refractivity contribution >= 4 is 0 Å². The lowest BCUT2D eigenvalue weighted by atomic mass is 9.74. The van der Waals surface area contributed by atoms with Gasteiger partial charge < -0.3 is 5.73 Å². The van der Waals surface area contributed by atoms with Gasteiger partial charge in [0.05, 0.1) is 0 Å². The molecule has 0 heterocycles. The fourth-order valence-corrected chi connectivity index (χ4v) is 4.57. The summed E-state index contributed by atoms with van der Waals surface area (Å²) in [6.07, 6.45) is 11.8. The standard InChI is InChI=1S/C18H35N/c1-13(2)7-15-5-4-6-16(10-15)8-14(3)9-17-11-18(17)12-19/h13-18H,4-12,19H2,1-3H3. The van der Waals surface area contributed by atoms with Gasteiger partial charge in [-0.25, -0.2) is 0 Å². The molecule has 0 amide bonds. The molecule has 112 valence electrons. The van der Waals surface area contributed by atoms with Gasteiger partial charge in [-0.1, -0.05) is 40.0 Å². The van der Waals surface area contributed by atoms with Crippen molar-refractivity contribution in [2.75, 3.05) is 6.54 Å². The maximum Gasteiger partial charge on any atom is -0.00461 e. The van der Waals surface area contributed by atoms with Gasteiger partial charge in [0.25, 0.3) is 0 Å². The van der Waals surface area contributed by atoms with E-state index in [0.717, 1.165) is 42.1 Å². The summed E-state index contributed by atoms with van der Waals surface area (Å²) < 4.78 is 0. The normalized spacial score (nSPS) is 36.5. The van der Waals surface area contributed by atoms with Gasteiger partial charge in [0.1, 0.15) is 0 Å². The summed E-state index contributed by atoms with van der Waals surface area (Å²) in [7, 11) is 0. The second-order valence-corrected chi connectivity index (χ2v) is 8.10. The van der Waals surface area contributed by atoms with Crippen LogP contribution in [0.4, 0.5) is 0 Å². The monoisotopic (exact) mass is 265 g/mol. The first-order chi connectivity index (χ1) is 9.08. The molecule has 2 aliphatic rings. The summed E-state index contributed by atoms with van der Waals surface area (Å²) in [5, 5.41) is 0. The number of rotatable bonds is 7. The van der Waals surface area contributed by atoms with Crippen LogP contribution in [-0.2, 0) is 0 Å². The van der Waals surface area contributed by atoms with E-state index in [9.17, 15) is 0 Å². The van der Waals surface area contributed by atoms with Crippen molar-refractivity contribution in [3.8, 4) is 0 Å². The molecule has 0 spiro atoms. The Balaban J connectivity index is 1.66. The highest BCUT2D eigenvalue weighted by Crippen LogP contribution is 2.44. The van der Waals surface area contributed by atoms with Crippen LogP contribution in [0.5, 0.6) is 0 Å². The first-order valence-electron chi connectivity index (χ1n) is 8.78. The molecule has 2 saturated carbocycles.